The minimum atomic E-state index is 0.526. The molecule has 3 heterocycles. The predicted molar refractivity (Wildman–Crippen MR) is 132 cm³/mol. The first-order valence-electron chi connectivity index (χ1n) is 11.3. The maximum atomic E-state index is 5.78. The van der Waals surface area contributed by atoms with Crippen LogP contribution in [0.5, 0.6) is 5.75 Å². The van der Waals surface area contributed by atoms with Crippen molar-refractivity contribution in [3.8, 4) is 5.75 Å². The van der Waals surface area contributed by atoms with Gasteiger partial charge in [0, 0.05) is 37.7 Å². The van der Waals surface area contributed by atoms with Gasteiger partial charge in [-0.05, 0) is 29.7 Å². The molecular weight excluding hydrogens is 420 g/mol. The molecule has 0 saturated heterocycles. The van der Waals surface area contributed by atoms with Crippen LogP contribution in [0.15, 0.2) is 42.7 Å². The van der Waals surface area contributed by atoms with Crippen molar-refractivity contribution in [2.45, 2.75) is 45.4 Å². The topological polar surface area (TPSA) is 74.7 Å². The average Bonchev–Trinajstić information content (AvgIpc) is 3.36. The molecule has 170 valence electrons. The van der Waals surface area contributed by atoms with Crippen molar-refractivity contribution in [3.63, 3.8) is 0 Å². The second kappa shape index (κ2) is 10.8. The molecule has 2 N–H and O–H groups in total. The Hall–Kier alpha value is -2.64. The number of thiazole rings is 1. The van der Waals surface area contributed by atoms with Crippen molar-refractivity contribution in [2.75, 3.05) is 26.1 Å². The van der Waals surface area contributed by atoms with Gasteiger partial charge in [0.2, 0.25) is 0 Å². The zero-order chi connectivity index (χ0) is 22.3. The highest BCUT2D eigenvalue weighted by molar-refractivity contribution is 7.22. The van der Waals surface area contributed by atoms with Crippen LogP contribution in [0.4, 0.5) is 5.13 Å². The van der Waals surface area contributed by atoms with Crippen LogP contribution in [0, 0.1) is 5.92 Å². The molecule has 1 fully saturated rings. The highest BCUT2D eigenvalue weighted by Gasteiger charge is 2.08. The maximum absolute atomic E-state index is 5.78. The van der Waals surface area contributed by atoms with Crippen LogP contribution in [0.2, 0.25) is 0 Å². The van der Waals surface area contributed by atoms with Crippen LogP contribution in [0.3, 0.4) is 0 Å². The quantitative estimate of drug-likeness (QED) is 0.378. The number of rotatable bonds is 6. The van der Waals surface area contributed by atoms with Crippen molar-refractivity contribution >= 4 is 32.3 Å². The van der Waals surface area contributed by atoms with Gasteiger partial charge in [-0.15, -0.1) is 0 Å². The number of hydrogen-bond donors (Lipinski definition) is 1. The van der Waals surface area contributed by atoms with Crippen molar-refractivity contribution in [1.29, 1.82) is 0 Å². The van der Waals surface area contributed by atoms with Crippen LogP contribution < -0.4 is 10.5 Å². The highest BCUT2D eigenvalue weighted by Crippen LogP contribution is 2.26. The normalized spacial score (nSPS) is 14.4. The van der Waals surface area contributed by atoms with Crippen molar-refractivity contribution < 1.29 is 9.47 Å². The van der Waals surface area contributed by atoms with E-state index in [1.54, 1.807) is 7.11 Å². The minimum Gasteiger partial charge on any atom is -0.491 e. The summed E-state index contributed by atoms with van der Waals surface area (Å²) in [4.78, 5) is 8.79. The van der Waals surface area contributed by atoms with Gasteiger partial charge < -0.3 is 19.6 Å². The molecule has 7 heteroatoms. The Morgan fingerprint density at radius 2 is 1.97 bits per heavy atom. The second-order valence-electron chi connectivity index (χ2n) is 8.46. The third kappa shape index (κ3) is 5.78. The number of hydrogen-bond acceptors (Lipinski definition) is 6. The second-order valence-corrected chi connectivity index (χ2v) is 9.52. The van der Waals surface area contributed by atoms with E-state index in [-0.39, 0.29) is 0 Å². The molecule has 1 aliphatic carbocycles. The van der Waals surface area contributed by atoms with Crippen molar-refractivity contribution in [2.24, 2.45) is 5.92 Å². The van der Waals surface area contributed by atoms with E-state index in [1.807, 2.05) is 30.6 Å². The number of benzene rings is 1. The van der Waals surface area contributed by atoms with E-state index in [4.69, 9.17) is 15.2 Å². The van der Waals surface area contributed by atoms with E-state index in [0.29, 0.717) is 18.3 Å². The Bertz CT molecular complexity index is 1150. The van der Waals surface area contributed by atoms with Gasteiger partial charge in [-0.1, -0.05) is 56.4 Å². The lowest BCUT2D eigenvalue weighted by Crippen LogP contribution is -2.04. The maximum Gasteiger partial charge on any atom is 0.181 e. The number of fused-ring (bicyclic) bond motifs is 2. The minimum absolute atomic E-state index is 0.526. The molecule has 4 aromatic rings. The Morgan fingerprint density at radius 3 is 2.72 bits per heavy atom. The Labute approximate surface area is 193 Å². The summed E-state index contributed by atoms with van der Waals surface area (Å²) in [5.74, 6) is 1.83. The molecule has 0 atom stereocenters. The lowest BCUT2D eigenvalue weighted by molar-refractivity contribution is 0.146. The first-order chi connectivity index (χ1) is 15.6. The summed E-state index contributed by atoms with van der Waals surface area (Å²) in [5, 5.41) is 0.600. The van der Waals surface area contributed by atoms with Crippen LogP contribution in [0.25, 0.3) is 15.9 Å². The number of nitrogen functional groups attached to an aromatic ring is 1. The first kappa shape index (κ1) is 22.6. The molecule has 1 aliphatic rings. The van der Waals surface area contributed by atoms with E-state index in [0.717, 1.165) is 39.6 Å². The van der Waals surface area contributed by atoms with Gasteiger partial charge in [0.05, 0.1) is 16.8 Å². The summed E-state index contributed by atoms with van der Waals surface area (Å²) in [5.41, 5.74) is 9.92. The third-order valence-corrected chi connectivity index (χ3v) is 6.71. The van der Waals surface area contributed by atoms with Gasteiger partial charge in [-0.2, -0.15) is 0 Å². The fourth-order valence-electron chi connectivity index (χ4n) is 4.09. The molecule has 0 bridgehead atoms. The lowest BCUT2D eigenvalue weighted by Gasteiger charge is -2.15. The van der Waals surface area contributed by atoms with E-state index in [2.05, 4.69) is 33.4 Å². The molecule has 0 radical (unpaired) electrons. The van der Waals surface area contributed by atoms with Crippen LogP contribution in [-0.4, -0.2) is 34.7 Å². The number of anilines is 1. The average molecular weight is 453 g/mol. The molecule has 0 amide bonds. The zero-order valence-corrected chi connectivity index (χ0v) is 19.7. The van der Waals surface area contributed by atoms with Gasteiger partial charge in [-0.25, -0.2) is 9.97 Å². The van der Waals surface area contributed by atoms with E-state index in [9.17, 15) is 0 Å². The fraction of sp³-hybridized carbons (Fsp3) is 0.440. The molecule has 6 nitrogen and oxygen atoms in total. The van der Waals surface area contributed by atoms with E-state index in [1.165, 1.54) is 49.0 Å². The van der Waals surface area contributed by atoms with Crippen LogP contribution in [-0.2, 0) is 11.2 Å². The molecule has 1 saturated carbocycles. The smallest absolute Gasteiger partial charge is 0.181 e. The number of imidazole rings is 1. The summed E-state index contributed by atoms with van der Waals surface area (Å²) in [7, 11) is 1.66. The summed E-state index contributed by atoms with van der Waals surface area (Å²) in [6, 6.07) is 10.1. The lowest BCUT2D eigenvalue weighted by atomic mass is 9.91. The predicted octanol–water partition coefficient (Wildman–Crippen LogP) is 5.73. The Morgan fingerprint density at radius 1 is 1.12 bits per heavy atom. The number of nitrogens with two attached hydrogens (primary N) is 1. The molecule has 0 aliphatic heterocycles. The van der Waals surface area contributed by atoms with Gasteiger partial charge >= 0.3 is 0 Å². The van der Waals surface area contributed by atoms with E-state index >= 15 is 0 Å². The van der Waals surface area contributed by atoms with Gasteiger partial charge in [0.25, 0.3) is 0 Å². The zero-order valence-electron chi connectivity index (χ0n) is 18.9. The van der Waals surface area contributed by atoms with Crippen LogP contribution >= 0.6 is 11.3 Å². The number of nitrogens with zero attached hydrogens (tertiary/aromatic N) is 3. The van der Waals surface area contributed by atoms with Crippen molar-refractivity contribution in [1.82, 2.24) is 14.4 Å². The van der Waals surface area contributed by atoms with E-state index < -0.39 is 0 Å². The molecule has 0 unspecified atom stereocenters. The first-order valence-corrected chi connectivity index (χ1v) is 12.2. The SMILES string of the molecule is CC1CCCCC1.COCCOc1ccn2c(Cc3ccc4nc(N)sc4c3)cnc2c1. The van der Waals surface area contributed by atoms with Crippen LogP contribution in [0.1, 0.15) is 50.3 Å². The monoisotopic (exact) mass is 452 g/mol. The third-order valence-electron chi connectivity index (χ3n) is 5.87. The molecule has 5 rings (SSSR count). The molecule has 32 heavy (non-hydrogen) atoms. The number of pyridine rings is 1. The Balaban J connectivity index is 0.000000300. The van der Waals surface area contributed by atoms with Gasteiger partial charge in [0.15, 0.2) is 5.13 Å². The fourth-order valence-corrected chi connectivity index (χ4v) is 4.89. The van der Waals surface area contributed by atoms with Gasteiger partial charge in [0.1, 0.15) is 18.0 Å². The molecule has 1 aromatic carbocycles. The molecular formula is C25H32N4O2S. The highest BCUT2D eigenvalue weighted by atomic mass is 32.1. The van der Waals surface area contributed by atoms with Crippen molar-refractivity contribution in [3.05, 3.63) is 54.0 Å². The summed E-state index contributed by atoms with van der Waals surface area (Å²) in [6.07, 6.45) is 12.1. The largest absolute Gasteiger partial charge is 0.491 e. The summed E-state index contributed by atoms with van der Waals surface area (Å²) >= 11 is 1.51. The summed E-state index contributed by atoms with van der Waals surface area (Å²) < 4.78 is 13.8. The number of aromatic nitrogens is 3. The Kier molecular flexibility index (Phi) is 7.60. The molecule has 3 aromatic heterocycles. The number of methoxy groups -OCH3 is 1. The van der Waals surface area contributed by atoms with Gasteiger partial charge in [-0.3, -0.25) is 0 Å². The standard InChI is InChI=1S/C18H18N4O2S.C7H14/c1-23-6-7-24-14-4-5-22-13(11-20-17(22)10-14)8-12-2-3-15-16(9-12)25-18(19)21-15;1-7-5-3-2-4-6-7/h2-5,9-11H,6-8H2,1H3,(H2,19,21);7H,2-6H2,1H3. The molecule has 0 spiro atoms. The number of ether oxygens (including phenoxy) is 2. The summed E-state index contributed by atoms with van der Waals surface area (Å²) in [6.45, 7) is 3.45.